The van der Waals surface area contributed by atoms with Crippen molar-refractivity contribution >= 4 is 11.6 Å². The lowest BCUT2D eigenvalue weighted by Gasteiger charge is -2.28. The number of rotatable bonds is 4. The maximum absolute atomic E-state index is 6.40. The second-order valence-electron chi connectivity index (χ2n) is 5.32. The number of nitrogens with zero attached hydrogens (tertiary/aromatic N) is 1. The van der Waals surface area contributed by atoms with Gasteiger partial charge in [-0.15, -0.1) is 0 Å². The molecule has 2 aromatic rings. The molecule has 0 amide bonds. The molecule has 2 aromatic carbocycles. The number of benzene rings is 2. The summed E-state index contributed by atoms with van der Waals surface area (Å²) in [5, 5.41) is 5.15. The lowest BCUT2D eigenvalue weighted by Crippen LogP contribution is -2.29. The zero-order valence-corrected chi connectivity index (χ0v) is 12.7. The fourth-order valence-corrected chi connectivity index (χ4v) is 2.94. The van der Waals surface area contributed by atoms with Crippen LogP contribution in [-0.2, 0) is 4.74 Å². The highest BCUT2D eigenvalue weighted by Crippen LogP contribution is 2.33. The molecule has 0 bridgehead atoms. The summed E-state index contributed by atoms with van der Waals surface area (Å²) in [6, 6.07) is 18.2. The Balaban J connectivity index is 1.89. The predicted octanol–water partition coefficient (Wildman–Crippen LogP) is 4.21. The molecule has 109 valence electrons. The fourth-order valence-electron chi connectivity index (χ4n) is 2.70. The van der Waals surface area contributed by atoms with Crippen LogP contribution in [0.3, 0.4) is 0 Å². The van der Waals surface area contributed by atoms with E-state index in [1.54, 1.807) is 0 Å². The molecule has 1 radical (unpaired) electrons. The van der Waals surface area contributed by atoms with Crippen LogP contribution in [0.15, 0.2) is 54.6 Å². The van der Waals surface area contributed by atoms with Gasteiger partial charge in [-0.2, -0.15) is 0 Å². The Morgan fingerprint density at radius 2 is 1.62 bits per heavy atom. The van der Waals surface area contributed by atoms with E-state index < -0.39 is 0 Å². The molecule has 21 heavy (non-hydrogen) atoms. The van der Waals surface area contributed by atoms with Crippen LogP contribution in [0, 0.1) is 0 Å². The van der Waals surface area contributed by atoms with Gasteiger partial charge in [0.25, 0.3) is 0 Å². The Morgan fingerprint density at radius 3 is 2.33 bits per heavy atom. The predicted molar refractivity (Wildman–Crippen MR) is 85.7 cm³/mol. The number of piperidine rings is 1. The van der Waals surface area contributed by atoms with E-state index in [4.69, 9.17) is 16.3 Å². The van der Waals surface area contributed by atoms with Crippen LogP contribution in [0.1, 0.15) is 30.1 Å². The van der Waals surface area contributed by atoms with Gasteiger partial charge in [-0.3, -0.25) is 0 Å². The summed E-state index contributed by atoms with van der Waals surface area (Å²) in [5.41, 5.74) is 2.18. The van der Waals surface area contributed by atoms with Crippen LogP contribution in [0.25, 0.3) is 0 Å². The molecule has 1 unspecified atom stereocenters. The molecule has 0 aliphatic carbocycles. The molecule has 3 rings (SSSR count). The van der Waals surface area contributed by atoms with E-state index in [9.17, 15) is 0 Å². The molecule has 0 aromatic heterocycles. The zero-order chi connectivity index (χ0) is 14.5. The summed E-state index contributed by atoms with van der Waals surface area (Å²) in [5.74, 6) is 0. The summed E-state index contributed by atoms with van der Waals surface area (Å²) in [6.07, 6.45) is 2.13. The number of ether oxygens (including phenoxy) is 1. The lowest BCUT2D eigenvalue weighted by molar-refractivity contribution is -0.00845. The normalized spacial score (nSPS) is 17.6. The first-order valence-corrected chi connectivity index (χ1v) is 7.80. The average Bonchev–Trinajstić information content (AvgIpc) is 2.55. The van der Waals surface area contributed by atoms with Crippen LogP contribution in [-0.4, -0.2) is 19.2 Å². The molecule has 0 saturated carbocycles. The molecule has 0 spiro atoms. The van der Waals surface area contributed by atoms with E-state index in [1.807, 2.05) is 42.5 Å². The van der Waals surface area contributed by atoms with Gasteiger partial charge in [0.1, 0.15) is 6.10 Å². The van der Waals surface area contributed by atoms with Gasteiger partial charge >= 0.3 is 0 Å². The summed E-state index contributed by atoms with van der Waals surface area (Å²) in [4.78, 5) is 0. The second kappa shape index (κ2) is 7.08. The summed E-state index contributed by atoms with van der Waals surface area (Å²) >= 11 is 6.39. The first kappa shape index (κ1) is 14.6. The van der Waals surface area contributed by atoms with Crippen molar-refractivity contribution in [2.24, 2.45) is 0 Å². The minimum Gasteiger partial charge on any atom is -0.365 e. The Bertz CT molecular complexity index is 566. The molecule has 2 nitrogen and oxygen atoms in total. The Hall–Kier alpha value is -1.35. The van der Waals surface area contributed by atoms with Crippen molar-refractivity contribution in [3.05, 3.63) is 70.7 Å². The molecule has 1 fully saturated rings. The molecule has 1 aliphatic rings. The quantitative estimate of drug-likeness (QED) is 0.829. The van der Waals surface area contributed by atoms with Crippen LogP contribution >= 0.6 is 11.6 Å². The van der Waals surface area contributed by atoms with Crippen molar-refractivity contribution in [2.75, 3.05) is 13.1 Å². The van der Waals surface area contributed by atoms with Gasteiger partial charge in [-0.1, -0.05) is 60.1 Å². The highest BCUT2D eigenvalue weighted by Gasteiger charge is 2.23. The minimum atomic E-state index is -0.108. The molecule has 1 saturated heterocycles. The van der Waals surface area contributed by atoms with E-state index in [0.29, 0.717) is 0 Å². The smallest absolute Gasteiger partial charge is 0.109 e. The van der Waals surface area contributed by atoms with E-state index in [-0.39, 0.29) is 12.2 Å². The molecule has 1 heterocycles. The number of halogens is 1. The molecule has 3 heteroatoms. The second-order valence-corrected chi connectivity index (χ2v) is 5.73. The van der Waals surface area contributed by atoms with E-state index in [1.165, 1.54) is 0 Å². The Labute approximate surface area is 131 Å². The van der Waals surface area contributed by atoms with E-state index >= 15 is 0 Å². The maximum atomic E-state index is 6.40. The van der Waals surface area contributed by atoms with Gasteiger partial charge < -0.3 is 4.74 Å². The summed E-state index contributed by atoms with van der Waals surface area (Å²) in [6.45, 7) is 1.80. The van der Waals surface area contributed by atoms with Crippen molar-refractivity contribution in [1.29, 1.82) is 0 Å². The van der Waals surface area contributed by atoms with Crippen molar-refractivity contribution in [3.8, 4) is 0 Å². The van der Waals surface area contributed by atoms with Gasteiger partial charge in [-0.25, -0.2) is 5.32 Å². The molecular formula is C18H19ClNO. The van der Waals surface area contributed by atoms with Gasteiger partial charge in [0.2, 0.25) is 0 Å². The SMILES string of the molecule is Clc1ccccc1C(OC1CC[N]CC1)c1ccccc1. The average molecular weight is 301 g/mol. The zero-order valence-electron chi connectivity index (χ0n) is 11.9. The molecule has 0 N–H and O–H groups in total. The largest absolute Gasteiger partial charge is 0.365 e. The van der Waals surface area contributed by atoms with Crippen LogP contribution in [0.4, 0.5) is 0 Å². The third-order valence-corrected chi connectivity index (χ3v) is 4.18. The standard InChI is InChI=1S/C18H19ClNO/c19-17-9-5-4-8-16(17)18(14-6-2-1-3-7-14)21-15-10-12-20-13-11-15/h1-9,15,18H,10-13H2. The molecular weight excluding hydrogens is 282 g/mol. The Kier molecular flexibility index (Phi) is 4.91. The minimum absolute atomic E-state index is 0.108. The summed E-state index contributed by atoms with van der Waals surface area (Å²) < 4.78 is 6.40. The van der Waals surface area contributed by atoms with Crippen LogP contribution in [0.5, 0.6) is 0 Å². The highest BCUT2D eigenvalue weighted by molar-refractivity contribution is 6.31. The number of hydrogen-bond acceptors (Lipinski definition) is 1. The van der Waals surface area contributed by atoms with E-state index in [2.05, 4.69) is 17.4 Å². The van der Waals surface area contributed by atoms with Crippen molar-refractivity contribution in [3.63, 3.8) is 0 Å². The first-order chi connectivity index (χ1) is 10.3. The van der Waals surface area contributed by atoms with Gasteiger partial charge in [0.15, 0.2) is 0 Å². The van der Waals surface area contributed by atoms with Crippen molar-refractivity contribution in [1.82, 2.24) is 5.32 Å². The Morgan fingerprint density at radius 1 is 0.952 bits per heavy atom. The topological polar surface area (TPSA) is 23.3 Å². The monoisotopic (exact) mass is 300 g/mol. The fraction of sp³-hybridized carbons (Fsp3) is 0.333. The van der Waals surface area contributed by atoms with Crippen LogP contribution < -0.4 is 5.32 Å². The molecule has 1 atom stereocenters. The third kappa shape index (κ3) is 3.65. The summed E-state index contributed by atoms with van der Waals surface area (Å²) in [7, 11) is 0. The van der Waals surface area contributed by atoms with Crippen molar-refractivity contribution in [2.45, 2.75) is 25.0 Å². The van der Waals surface area contributed by atoms with Gasteiger partial charge in [0.05, 0.1) is 6.10 Å². The highest BCUT2D eigenvalue weighted by atomic mass is 35.5. The van der Waals surface area contributed by atoms with Gasteiger partial charge in [-0.05, 0) is 24.5 Å². The van der Waals surface area contributed by atoms with Crippen molar-refractivity contribution < 1.29 is 4.74 Å². The lowest BCUT2D eigenvalue weighted by atomic mass is 10.00. The molecule has 1 aliphatic heterocycles. The number of hydrogen-bond donors (Lipinski definition) is 0. The third-order valence-electron chi connectivity index (χ3n) is 3.84. The maximum Gasteiger partial charge on any atom is 0.109 e. The van der Waals surface area contributed by atoms with E-state index in [0.717, 1.165) is 42.1 Å². The van der Waals surface area contributed by atoms with Gasteiger partial charge in [0, 0.05) is 23.7 Å². The van der Waals surface area contributed by atoms with Crippen LogP contribution in [0.2, 0.25) is 5.02 Å². The first-order valence-electron chi connectivity index (χ1n) is 7.42.